The molecule has 0 bridgehead atoms. The number of nitrogens with zero attached hydrogens (tertiary/aromatic N) is 2. The fourth-order valence-electron chi connectivity index (χ4n) is 2.75. The van der Waals surface area contributed by atoms with Gasteiger partial charge in [-0.3, -0.25) is 14.3 Å². The van der Waals surface area contributed by atoms with Gasteiger partial charge in [0.05, 0.1) is 16.8 Å². The van der Waals surface area contributed by atoms with Crippen LogP contribution in [0.3, 0.4) is 0 Å². The molecule has 0 saturated heterocycles. The van der Waals surface area contributed by atoms with Crippen LogP contribution < -0.4 is 10.6 Å². The Labute approximate surface area is 138 Å². The van der Waals surface area contributed by atoms with E-state index in [1.807, 2.05) is 13.0 Å². The van der Waals surface area contributed by atoms with Crippen LogP contribution in [0.4, 0.5) is 5.69 Å². The molecule has 0 aromatic carbocycles. The molecule has 7 heteroatoms. The number of thiophene rings is 1. The number of amides is 2. The summed E-state index contributed by atoms with van der Waals surface area (Å²) in [5, 5.41) is 9.94. The van der Waals surface area contributed by atoms with E-state index in [9.17, 15) is 9.59 Å². The summed E-state index contributed by atoms with van der Waals surface area (Å²) in [5.74, 6) is -0.190. The number of carbonyl (C=O) groups is 2. The van der Waals surface area contributed by atoms with Gasteiger partial charge in [0.15, 0.2) is 0 Å². The Morgan fingerprint density at radius 1 is 1.35 bits per heavy atom. The molecule has 2 heterocycles. The van der Waals surface area contributed by atoms with Crippen LogP contribution in [0.15, 0.2) is 24.5 Å². The number of aromatic nitrogens is 2. The highest BCUT2D eigenvalue weighted by molar-refractivity contribution is 7.14. The molecular formula is C16H20N4O2S. The molecule has 122 valence electrons. The average Bonchev–Trinajstić information content (AvgIpc) is 3.22. The molecule has 0 radical (unpaired) electrons. The van der Waals surface area contributed by atoms with Gasteiger partial charge < -0.3 is 10.6 Å². The number of rotatable bonds is 5. The summed E-state index contributed by atoms with van der Waals surface area (Å²) in [6.45, 7) is 2.13. The van der Waals surface area contributed by atoms with Crippen molar-refractivity contribution >= 4 is 28.8 Å². The van der Waals surface area contributed by atoms with Crippen LogP contribution in [-0.4, -0.2) is 27.6 Å². The van der Waals surface area contributed by atoms with Crippen molar-refractivity contribution in [3.05, 3.63) is 34.3 Å². The second-order valence-corrected chi connectivity index (χ2v) is 7.13. The largest absolute Gasteiger partial charge is 0.352 e. The van der Waals surface area contributed by atoms with Gasteiger partial charge in [0.2, 0.25) is 5.91 Å². The highest BCUT2D eigenvalue weighted by Gasteiger charge is 2.17. The molecule has 1 fully saturated rings. The van der Waals surface area contributed by atoms with Crippen molar-refractivity contribution in [3.8, 4) is 0 Å². The van der Waals surface area contributed by atoms with E-state index in [0.29, 0.717) is 16.6 Å². The van der Waals surface area contributed by atoms with Gasteiger partial charge in [-0.1, -0.05) is 12.8 Å². The van der Waals surface area contributed by atoms with Gasteiger partial charge >= 0.3 is 0 Å². The van der Waals surface area contributed by atoms with Gasteiger partial charge in [-0.25, -0.2) is 0 Å². The maximum absolute atomic E-state index is 12.1. The molecule has 6 nitrogen and oxygen atoms in total. The predicted molar refractivity (Wildman–Crippen MR) is 89.6 cm³/mol. The van der Waals surface area contributed by atoms with E-state index in [4.69, 9.17) is 0 Å². The molecule has 1 aliphatic rings. The second-order valence-electron chi connectivity index (χ2n) is 5.84. The minimum absolute atomic E-state index is 0.0354. The molecule has 1 saturated carbocycles. The van der Waals surface area contributed by atoms with Crippen molar-refractivity contribution in [2.24, 2.45) is 0 Å². The molecule has 23 heavy (non-hydrogen) atoms. The zero-order chi connectivity index (χ0) is 16.2. The Kier molecular flexibility index (Phi) is 4.76. The summed E-state index contributed by atoms with van der Waals surface area (Å²) in [6.07, 6.45) is 7.72. The molecule has 0 spiro atoms. The quantitative estimate of drug-likeness (QED) is 0.883. The first kappa shape index (κ1) is 15.7. The van der Waals surface area contributed by atoms with Crippen LogP contribution in [0.25, 0.3) is 0 Å². The van der Waals surface area contributed by atoms with Gasteiger partial charge in [0.25, 0.3) is 5.91 Å². The molecule has 0 unspecified atom stereocenters. The Bertz CT molecular complexity index is 701. The molecule has 2 aromatic rings. The highest BCUT2D eigenvalue weighted by Crippen LogP contribution is 2.18. The van der Waals surface area contributed by atoms with E-state index in [2.05, 4.69) is 15.7 Å². The van der Waals surface area contributed by atoms with Crippen molar-refractivity contribution in [1.29, 1.82) is 0 Å². The fourth-order valence-corrected chi connectivity index (χ4v) is 3.52. The number of hydrogen-bond acceptors (Lipinski definition) is 4. The predicted octanol–water partition coefficient (Wildman–Crippen LogP) is 2.56. The van der Waals surface area contributed by atoms with E-state index < -0.39 is 0 Å². The first-order chi connectivity index (χ1) is 11.1. The van der Waals surface area contributed by atoms with Gasteiger partial charge in [-0.15, -0.1) is 11.3 Å². The van der Waals surface area contributed by atoms with E-state index in [0.717, 1.165) is 17.7 Å². The standard InChI is InChI=1S/C16H20N4O2S/c1-11-6-7-14(23-11)16(22)19-13-8-17-20(9-13)10-15(21)18-12-4-2-3-5-12/h6-9,12H,2-5,10H2,1H3,(H,18,21)(H,19,22). The summed E-state index contributed by atoms with van der Waals surface area (Å²) in [7, 11) is 0. The maximum atomic E-state index is 12.1. The third-order valence-electron chi connectivity index (χ3n) is 3.88. The third kappa shape index (κ3) is 4.19. The summed E-state index contributed by atoms with van der Waals surface area (Å²) in [5.41, 5.74) is 0.592. The smallest absolute Gasteiger partial charge is 0.265 e. The molecule has 2 amide bonds. The molecule has 1 aliphatic carbocycles. The number of carbonyl (C=O) groups excluding carboxylic acids is 2. The van der Waals surface area contributed by atoms with Gasteiger partial charge in [0.1, 0.15) is 6.54 Å². The van der Waals surface area contributed by atoms with Gasteiger partial charge in [-0.05, 0) is 31.9 Å². The molecule has 2 aromatic heterocycles. The first-order valence-corrected chi connectivity index (χ1v) is 8.61. The molecule has 0 atom stereocenters. The minimum Gasteiger partial charge on any atom is -0.352 e. The molecule has 3 rings (SSSR count). The summed E-state index contributed by atoms with van der Waals surface area (Å²) in [6, 6.07) is 4.02. The van der Waals surface area contributed by atoms with E-state index in [1.54, 1.807) is 23.1 Å². The SMILES string of the molecule is Cc1ccc(C(=O)Nc2cnn(CC(=O)NC3CCCC3)c2)s1. The van der Waals surface area contributed by atoms with Crippen molar-refractivity contribution in [2.45, 2.75) is 45.2 Å². The van der Waals surface area contributed by atoms with Crippen LogP contribution >= 0.6 is 11.3 Å². The Morgan fingerprint density at radius 2 is 2.13 bits per heavy atom. The van der Waals surface area contributed by atoms with Crippen LogP contribution in [0, 0.1) is 6.92 Å². The van der Waals surface area contributed by atoms with Crippen molar-refractivity contribution < 1.29 is 9.59 Å². The summed E-state index contributed by atoms with van der Waals surface area (Å²) >= 11 is 1.45. The molecule has 2 N–H and O–H groups in total. The van der Waals surface area contributed by atoms with Crippen molar-refractivity contribution in [1.82, 2.24) is 15.1 Å². The number of aryl methyl sites for hydroxylation is 1. The zero-order valence-corrected chi connectivity index (χ0v) is 13.9. The summed E-state index contributed by atoms with van der Waals surface area (Å²) in [4.78, 5) is 25.8. The lowest BCUT2D eigenvalue weighted by Gasteiger charge is -2.11. The lowest BCUT2D eigenvalue weighted by atomic mass is 10.2. The van der Waals surface area contributed by atoms with E-state index >= 15 is 0 Å². The van der Waals surface area contributed by atoms with Gasteiger partial charge in [0, 0.05) is 17.1 Å². The Balaban J connectivity index is 1.53. The van der Waals surface area contributed by atoms with Crippen LogP contribution in [-0.2, 0) is 11.3 Å². The zero-order valence-electron chi connectivity index (χ0n) is 13.0. The lowest BCUT2D eigenvalue weighted by molar-refractivity contribution is -0.122. The number of nitrogens with one attached hydrogen (secondary N) is 2. The monoisotopic (exact) mass is 332 g/mol. The Morgan fingerprint density at radius 3 is 2.83 bits per heavy atom. The molecule has 0 aliphatic heterocycles. The highest BCUT2D eigenvalue weighted by atomic mass is 32.1. The van der Waals surface area contributed by atoms with Crippen molar-refractivity contribution in [2.75, 3.05) is 5.32 Å². The fraction of sp³-hybridized carbons (Fsp3) is 0.438. The topological polar surface area (TPSA) is 76.0 Å². The van der Waals surface area contributed by atoms with E-state index in [-0.39, 0.29) is 18.4 Å². The number of hydrogen-bond donors (Lipinski definition) is 2. The van der Waals surface area contributed by atoms with Crippen LogP contribution in [0.2, 0.25) is 0 Å². The first-order valence-electron chi connectivity index (χ1n) is 7.80. The van der Waals surface area contributed by atoms with Crippen LogP contribution in [0.5, 0.6) is 0 Å². The maximum Gasteiger partial charge on any atom is 0.265 e. The molecular weight excluding hydrogens is 312 g/mol. The van der Waals surface area contributed by atoms with E-state index in [1.165, 1.54) is 24.2 Å². The van der Waals surface area contributed by atoms with Gasteiger partial charge in [-0.2, -0.15) is 5.10 Å². The third-order valence-corrected chi connectivity index (χ3v) is 4.88. The summed E-state index contributed by atoms with van der Waals surface area (Å²) < 4.78 is 1.54. The Hall–Kier alpha value is -2.15. The minimum atomic E-state index is -0.155. The van der Waals surface area contributed by atoms with Crippen LogP contribution in [0.1, 0.15) is 40.2 Å². The second kappa shape index (κ2) is 6.95. The normalized spacial score (nSPS) is 14.8. The number of anilines is 1. The lowest BCUT2D eigenvalue weighted by Crippen LogP contribution is -2.35. The average molecular weight is 332 g/mol. The van der Waals surface area contributed by atoms with Crippen molar-refractivity contribution in [3.63, 3.8) is 0 Å².